The number of hydrogen-bond donors (Lipinski definition) is 1. The van der Waals surface area contributed by atoms with Crippen LogP contribution in [0.5, 0.6) is 11.5 Å². The van der Waals surface area contributed by atoms with E-state index in [2.05, 4.69) is 10.4 Å². The first-order valence-corrected chi connectivity index (χ1v) is 9.09. The maximum Gasteiger partial charge on any atom is 0.287 e. The highest BCUT2D eigenvalue weighted by molar-refractivity contribution is 5.91. The van der Waals surface area contributed by atoms with Crippen LogP contribution < -0.4 is 14.8 Å². The number of benzene rings is 1. The van der Waals surface area contributed by atoms with Gasteiger partial charge in [0.15, 0.2) is 17.3 Å². The summed E-state index contributed by atoms with van der Waals surface area (Å²) in [5.41, 5.74) is 3.05. The fourth-order valence-corrected chi connectivity index (χ4v) is 3.01. The maximum absolute atomic E-state index is 12.3. The van der Waals surface area contributed by atoms with Crippen molar-refractivity contribution in [1.29, 1.82) is 0 Å². The molecule has 3 rings (SSSR count). The number of nitrogens with zero attached hydrogens (tertiary/aromatic N) is 2. The van der Waals surface area contributed by atoms with Crippen LogP contribution in [0.25, 0.3) is 0 Å². The molecular weight excluding hydrogens is 358 g/mol. The molecule has 0 bridgehead atoms. The largest absolute Gasteiger partial charge is 0.493 e. The van der Waals surface area contributed by atoms with Crippen molar-refractivity contribution in [1.82, 2.24) is 15.1 Å². The Kier molecular flexibility index (Phi) is 6.03. The minimum absolute atomic E-state index is 0.236. The lowest BCUT2D eigenvalue weighted by Gasteiger charge is -2.09. The number of methoxy groups -OCH3 is 2. The lowest BCUT2D eigenvalue weighted by Crippen LogP contribution is -2.25. The average molecular weight is 383 g/mol. The smallest absolute Gasteiger partial charge is 0.287 e. The van der Waals surface area contributed by atoms with Crippen molar-refractivity contribution in [3.05, 3.63) is 64.9 Å². The van der Waals surface area contributed by atoms with E-state index in [9.17, 15) is 4.79 Å². The van der Waals surface area contributed by atoms with Crippen LogP contribution in [0.1, 0.15) is 33.3 Å². The van der Waals surface area contributed by atoms with E-state index in [1.54, 1.807) is 26.4 Å². The lowest BCUT2D eigenvalue weighted by molar-refractivity contribution is 0.0924. The molecule has 0 aliphatic rings. The van der Waals surface area contributed by atoms with E-state index in [0.717, 1.165) is 17.0 Å². The Labute approximate surface area is 164 Å². The van der Waals surface area contributed by atoms with Gasteiger partial charge in [-0.15, -0.1) is 0 Å². The molecule has 2 heterocycles. The maximum atomic E-state index is 12.3. The van der Waals surface area contributed by atoms with Crippen molar-refractivity contribution in [2.24, 2.45) is 0 Å². The summed E-state index contributed by atoms with van der Waals surface area (Å²) < 4.78 is 18.1. The van der Waals surface area contributed by atoms with E-state index in [4.69, 9.17) is 13.9 Å². The number of aromatic nitrogens is 2. The van der Waals surface area contributed by atoms with Crippen molar-refractivity contribution in [3.63, 3.8) is 0 Å². The average Bonchev–Trinajstić information content (AvgIpc) is 3.28. The first-order chi connectivity index (χ1) is 13.5. The highest BCUT2D eigenvalue weighted by atomic mass is 16.5. The van der Waals surface area contributed by atoms with E-state index < -0.39 is 0 Å². The van der Waals surface area contributed by atoms with Gasteiger partial charge in [0.2, 0.25) is 0 Å². The van der Waals surface area contributed by atoms with Crippen LogP contribution in [0.4, 0.5) is 0 Å². The summed E-state index contributed by atoms with van der Waals surface area (Å²) in [4.78, 5) is 12.3. The molecule has 0 aliphatic heterocycles. The van der Waals surface area contributed by atoms with E-state index >= 15 is 0 Å². The molecule has 0 spiro atoms. The first kappa shape index (κ1) is 19.5. The van der Waals surface area contributed by atoms with Gasteiger partial charge in [-0.2, -0.15) is 5.10 Å². The normalized spacial score (nSPS) is 10.7. The quantitative estimate of drug-likeness (QED) is 0.647. The molecule has 1 aromatic carbocycles. The van der Waals surface area contributed by atoms with E-state index in [1.165, 1.54) is 0 Å². The highest BCUT2D eigenvalue weighted by Crippen LogP contribution is 2.27. The van der Waals surface area contributed by atoms with Gasteiger partial charge in [0.05, 0.1) is 26.5 Å². The molecule has 1 amide bonds. The zero-order valence-corrected chi connectivity index (χ0v) is 16.6. The Balaban J connectivity index is 1.54. The topological polar surface area (TPSA) is 78.5 Å². The Bertz CT molecular complexity index is 958. The third-order valence-corrected chi connectivity index (χ3v) is 4.44. The molecule has 0 saturated heterocycles. The summed E-state index contributed by atoms with van der Waals surface area (Å²) in [6.07, 6.45) is 0.672. The number of hydrogen-bond acceptors (Lipinski definition) is 5. The van der Waals surface area contributed by atoms with Crippen molar-refractivity contribution >= 4 is 5.91 Å². The van der Waals surface area contributed by atoms with Crippen molar-refractivity contribution in [2.45, 2.75) is 26.8 Å². The van der Waals surface area contributed by atoms with Crippen LogP contribution in [0, 0.1) is 13.8 Å². The molecule has 0 saturated carbocycles. The van der Waals surface area contributed by atoms with Gasteiger partial charge in [0.25, 0.3) is 5.91 Å². The van der Waals surface area contributed by atoms with Gasteiger partial charge in [0, 0.05) is 12.2 Å². The third-order valence-electron chi connectivity index (χ3n) is 4.44. The molecule has 3 aromatic rings. The molecule has 7 nitrogen and oxygen atoms in total. The SMILES string of the molecule is COc1ccc(CCNC(=O)c2ccc(Cn3nc(C)cc3C)o2)cc1OC. The highest BCUT2D eigenvalue weighted by Gasteiger charge is 2.12. The van der Waals surface area contributed by atoms with Crippen LogP contribution in [0.15, 0.2) is 40.8 Å². The van der Waals surface area contributed by atoms with Crippen molar-refractivity contribution < 1.29 is 18.7 Å². The van der Waals surface area contributed by atoms with Crippen LogP contribution in [-0.2, 0) is 13.0 Å². The van der Waals surface area contributed by atoms with Gasteiger partial charge >= 0.3 is 0 Å². The zero-order chi connectivity index (χ0) is 20.1. The first-order valence-electron chi connectivity index (χ1n) is 9.09. The predicted molar refractivity (Wildman–Crippen MR) is 105 cm³/mol. The summed E-state index contributed by atoms with van der Waals surface area (Å²) in [6, 6.07) is 11.2. The summed E-state index contributed by atoms with van der Waals surface area (Å²) in [6.45, 7) is 4.92. The number of carbonyl (C=O) groups is 1. The molecule has 0 radical (unpaired) electrons. The Morgan fingerprint density at radius 2 is 1.89 bits per heavy atom. The second-order valence-corrected chi connectivity index (χ2v) is 6.55. The van der Waals surface area contributed by atoms with Crippen molar-refractivity contribution in [3.8, 4) is 11.5 Å². The molecule has 0 aliphatic carbocycles. The minimum atomic E-state index is -0.236. The van der Waals surface area contributed by atoms with Crippen LogP contribution in [-0.4, -0.2) is 36.5 Å². The summed E-state index contributed by atoms with van der Waals surface area (Å²) >= 11 is 0. The number of carbonyl (C=O) groups excluding carboxylic acids is 1. The monoisotopic (exact) mass is 383 g/mol. The zero-order valence-electron chi connectivity index (χ0n) is 16.6. The van der Waals surface area contributed by atoms with Gasteiger partial charge in [-0.05, 0) is 56.2 Å². The Morgan fingerprint density at radius 1 is 1.11 bits per heavy atom. The Hall–Kier alpha value is -3.22. The van der Waals surface area contributed by atoms with E-state index in [0.29, 0.717) is 42.5 Å². The molecule has 148 valence electrons. The van der Waals surface area contributed by atoms with Crippen LogP contribution in [0.3, 0.4) is 0 Å². The van der Waals surface area contributed by atoms with Crippen LogP contribution in [0.2, 0.25) is 0 Å². The summed E-state index contributed by atoms with van der Waals surface area (Å²) in [7, 11) is 3.20. The number of furan rings is 1. The lowest BCUT2D eigenvalue weighted by atomic mass is 10.1. The number of aryl methyl sites for hydroxylation is 2. The molecule has 2 aromatic heterocycles. The van der Waals surface area contributed by atoms with Gasteiger partial charge in [-0.3, -0.25) is 9.48 Å². The van der Waals surface area contributed by atoms with E-state index in [1.807, 2.05) is 42.8 Å². The van der Waals surface area contributed by atoms with Gasteiger partial charge in [0.1, 0.15) is 5.76 Å². The number of nitrogens with one attached hydrogen (secondary N) is 1. The second kappa shape index (κ2) is 8.65. The molecule has 0 atom stereocenters. The number of ether oxygens (including phenoxy) is 2. The minimum Gasteiger partial charge on any atom is -0.493 e. The molecule has 28 heavy (non-hydrogen) atoms. The van der Waals surface area contributed by atoms with Gasteiger partial charge in [-0.1, -0.05) is 6.07 Å². The summed E-state index contributed by atoms with van der Waals surface area (Å²) in [5, 5.41) is 7.29. The van der Waals surface area contributed by atoms with Gasteiger partial charge in [-0.25, -0.2) is 0 Å². The van der Waals surface area contributed by atoms with Crippen molar-refractivity contribution in [2.75, 3.05) is 20.8 Å². The van der Waals surface area contributed by atoms with Gasteiger partial charge < -0.3 is 19.2 Å². The fraction of sp³-hybridized carbons (Fsp3) is 0.333. The van der Waals surface area contributed by atoms with E-state index in [-0.39, 0.29) is 5.91 Å². The standard InChI is InChI=1S/C21H25N3O4/c1-14-11-15(2)24(23-14)13-17-6-8-19(28-17)21(25)22-10-9-16-5-7-18(26-3)20(12-16)27-4/h5-8,11-12H,9-10,13H2,1-4H3,(H,22,25). The molecule has 0 unspecified atom stereocenters. The fourth-order valence-electron chi connectivity index (χ4n) is 3.01. The molecule has 7 heteroatoms. The van der Waals surface area contributed by atoms with Crippen LogP contribution >= 0.6 is 0 Å². The molecule has 1 N–H and O–H groups in total. The molecular formula is C21H25N3O4. The number of rotatable bonds is 8. The second-order valence-electron chi connectivity index (χ2n) is 6.55. The summed E-state index contributed by atoms with van der Waals surface area (Å²) in [5.74, 6) is 2.10. The molecule has 0 fully saturated rings. The third kappa shape index (κ3) is 4.54. The Morgan fingerprint density at radius 3 is 2.57 bits per heavy atom. The number of amides is 1. The predicted octanol–water partition coefficient (Wildman–Crippen LogP) is 3.13.